The first-order valence-electron chi connectivity index (χ1n) is 6.07. The monoisotopic (exact) mass is 234 g/mol. The zero-order valence-electron chi connectivity index (χ0n) is 9.82. The molecule has 0 heterocycles. The third kappa shape index (κ3) is 3.66. The van der Waals surface area contributed by atoms with Gasteiger partial charge in [-0.25, -0.2) is 4.79 Å². The number of rotatable bonds is 2. The van der Waals surface area contributed by atoms with Crippen molar-refractivity contribution in [3.8, 4) is 0 Å². The fraction of sp³-hybridized carbons (Fsp3) is 0.462. The Bertz CT molecular complexity index is 387. The molecular formula is C13H18N2O2. The van der Waals surface area contributed by atoms with Gasteiger partial charge in [0, 0.05) is 11.4 Å². The van der Waals surface area contributed by atoms with Crippen molar-refractivity contribution >= 4 is 17.5 Å². The number of nitrogen functional groups attached to an aromatic ring is 1. The van der Waals surface area contributed by atoms with Gasteiger partial charge in [0.1, 0.15) is 6.10 Å². The molecular weight excluding hydrogens is 216 g/mol. The van der Waals surface area contributed by atoms with E-state index in [1.54, 1.807) is 24.3 Å². The maximum atomic E-state index is 11.6. The van der Waals surface area contributed by atoms with Crippen LogP contribution in [-0.4, -0.2) is 12.2 Å². The summed E-state index contributed by atoms with van der Waals surface area (Å²) in [4.78, 5) is 11.6. The quantitative estimate of drug-likeness (QED) is 0.772. The minimum absolute atomic E-state index is 0.0739. The average molecular weight is 234 g/mol. The summed E-state index contributed by atoms with van der Waals surface area (Å²) in [6.45, 7) is 0. The molecule has 4 heteroatoms. The summed E-state index contributed by atoms with van der Waals surface area (Å²) in [5.41, 5.74) is 6.92. The van der Waals surface area contributed by atoms with Crippen LogP contribution in [0.1, 0.15) is 32.1 Å². The summed E-state index contributed by atoms with van der Waals surface area (Å²) < 4.78 is 5.34. The van der Waals surface area contributed by atoms with E-state index < -0.39 is 0 Å². The molecule has 0 unspecified atom stereocenters. The van der Waals surface area contributed by atoms with Crippen molar-refractivity contribution in [1.82, 2.24) is 0 Å². The summed E-state index contributed by atoms with van der Waals surface area (Å²) >= 11 is 0. The van der Waals surface area contributed by atoms with Crippen LogP contribution in [-0.2, 0) is 4.74 Å². The Labute approximate surface area is 101 Å². The number of ether oxygens (including phenoxy) is 1. The van der Waals surface area contributed by atoms with Gasteiger partial charge in [0.05, 0.1) is 0 Å². The van der Waals surface area contributed by atoms with Crippen LogP contribution in [0.15, 0.2) is 24.3 Å². The van der Waals surface area contributed by atoms with Crippen LogP contribution in [0.5, 0.6) is 0 Å². The molecule has 0 radical (unpaired) electrons. The van der Waals surface area contributed by atoms with Crippen LogP contribution in [0.2, 0.25) is 0 Å². The lowest BCUT2D eigenvalue weighted by atomic mass is 9.98. The molecule has 3 N–H and O–H groups in total. The van der Waals surface area contributed by atoms with E-state index in [-0.39, 0.29) is 12.2 Å². The molecule has 1 aliphatic rings. The minimum atomic E-state index is -0.387. The average Bonchev–Trinajstić information content (AvgIpc) is 2.30. The lowest BCUT2D eigenvalue weighted by molar-refractivity contribution is 0.0865. The Morgan fingerprint density at radius 1 is 1.29 bits per heavy atom. The second-order valence-corrected chi connectivity index (χ2v) is 4.42. The fourth-order valence-electron chi connectivity index (χ4n) is 2.10. The molecule has 92 valence electrons. The fourth-order valence-corrected chi connectivity index (χ4v) is 2.10. The molecule has 1 saturated carbocycles. The van der Waals surface area contributed by atoms with E-state index in [1.165, 1.54) is 6.42 Å². The Hall–Kier alpha value is -1.71. The minimum Gasteiger partial charge on any atom is -0.446 e. The van der Waals surface area contributed by atoms with Gasteiger partial charge in [0.2, 0.25) is 0 Å². The molecule has 1 amide bonds. The number of anilines is 2. The Balaban J connectivity index is 1.84. The predicted octanol–water partition coefficient (Wildman–Crippen LogP) is 3.15. The molecule has 0 atom stereocenters. The Morgan fingerprint density at radius 3 is 2.76 bits per heavy atom. The third-order valence-corrected chi connectivity index (χ3v) is 2.96. The van der Waals surface area contributed by atoms with E-state index in [2.05, 4.69) is 5.32 Å². The van der Waals surface area contributed by atoms with E-state index in [9.17, 15) is 4.79 Å². The van der Waals surface area contributed by atoms with Crippen LogP contribution in [0, 0.1) is 0 Å². The first kappa shape index (κ1) is 11.8. The van der Waals surface area contributed by atoms with Gasteiger partial charge in [-0.1, -0.05) is 12.5 Å². The Morgan fingerprint density at radius 2 is 2.06 bits per heavy atom. The molecule has 2 rings (SSSR count). The zero-order chi connectivity index (χ0) is 12.1. The van der Waals surface area contributed by atoms with Gasteiger partial charge in [0.25, 0.3) is 0 Å². The summed E-state index contributed by atoms with van der Waals surface area (Å²) in [6.07, 6.45) is 5.19. The van der Waals surface area contributed by atoms with Crippen molar-refractivity contribution in [2.45, 2.75) is 38.2 Å². The maximum Gasteiger partial charge on any atom is 0.411 e. The summed E-state index contributed by atoms with van der Waals surface area (Å²) in [5.74, 6) is 0. The van der Waals surface area contributed by atoms with E-state index >= 15 is 0 Å². The van der Waals surface area contributed by atoms with Crippen molar-refractivity contribution in [2.24, 2.45) is 0 Å². The van der Waals surface area contributed by atoms with Gasteiger partial charge in [-0.2, -0.15) is 0 Å². The highest BCUT2D eigenvalue weighted by Gasteiger charge is 2.17. The molecule has 0 aliphatic heterocycles. The third-order valence-electron chi connectivity index (χ3n) is 2.96. The van der Waals surface area contributed by atoms with E-state index in [0.29, 0.717) is 11.4 Å². The molecule has 0 saturated heterocycles. The topological polar surface area (TPSA) is 64.3 Å². The number of nitrogens with one attached hydrogen (secondary N) is 1. The number of amides is 1. The van der Waals surface area contributed by atoms with E-state index in [1.807, 2.05) is 0 Å². The molecule has 0 aromatic heterocycles. The highest BCUT2D eigenvalue weighted by atomic mass is 16.6. The van der Waals surface area contributed by atoms with Gasteiger partial charge < -0.3 is 10.5 Å². The summed E-state index contributed by atoms with van der Waals surface area (Å²) in [6, 6.07) is 7.07. The van der Waals surface area contributed by atoms with Crippen LogP contribution >= 0.6 is 0 Å². The Kier molecular flexibility index (Phi) is 3.85. The second kappa shape index (κ2) is 5.57. The van der Waals surface area contributed by atoms with Crippen molar-refractivity contribution in [2.75, 3.05) is 11.1 Å². The zero-order valence-corrected chi connectivity index (χ0v) is 9.82. The summed E-state index contributed by atoms with van der Waals surface area (Å²) in [5, 5.41) is 2.69. The standard InChI is InChI=1S/C13H18N2O2/c14-10-5-4-6-11(9-10)15-13(16)17-12-7-2-1-3-8-12/h4-6,9,12H,1-3,7-8,14H2,(H,15,16). The predicted molar refractivity (Wildman–Crippen MR) is 67.8 cm³/mol. The molecule has 4 nitrogen and oxygen atoms in total. The SMILES string of the molecule is Nc1cccc(NC(=O)OC2CCCCC2)c1. The van der Waals surface area contributed by atoms with Gasteiger partial charge in [0.15, 0.2) is 0 Å². The first-order chi connectivity index (χ1) is 8.24. The van der Waals surface area contributed by atoms with Crippen LogP contribution < -0.4 is 11.1 Å². The molecule has 1 aliphatic carbocycles. The molecule has 1 aromatic carbocycles. The number of hydrogen-bond donors (Lipinski definition) is 2. The molecule has 0 spiro atoms. The number of carbonyl (C=O) groups is 1. The van der Waals surface area contributed by atoms with Crippen LogP contribution in [0.25, 0.3) is 0 Å². The van der Waals surface area contributed by atoms with Gasteiger partial charge in [-0.05, 0) is 43.9 Å². The number of hydrogen-bond acceptors (Lipinski definition) is 3. The van der Waals surface area contributed by atoms with Crippen molar-refractivity contribution in [3.63, 3.8) is 0 Å². The summed E-state index contributed by atoms with van der Waals surface area (Å²) in [7, 11) is 0. The van der Waals surface area contributed by atoms with E-state index in [0.717, 1.165) is 25.7 Å². The van der Waals surface area contributed by atoms with Crippen LogP contribution in [0.4, 0.5) is 16.2 Å². The lowest BCUT2D eigenvalue weighted by Gasteiger charge is -2.21. The molecule has 1 aromatic rings. The lowest BCUT2D eigenvalue weighted by Crippen LogP contribution is -2.24. The van der Waals surface area contributed by atoms with Crippen molar-refractivity contribution < 1.29 is 9.53 Å². The normalized spacial score (nSPS) is 16.5. The second-order valence-electron chi connectivity index (χ2n) is 4.42. The molecule has 17 heavy (non-hydrogen) atoms. The van der Waals surface area contributed by atoms with Crippen LogP contribution in [0.3, 0.4) is 0 Å². The first-order valence-corrected chi connectivity index (χ1v) is 6.07. The highest BCUT2D eigenvalue weighted by molar-refractivity contribution is 5.85. The highest BCUT2D eigenvalue weighted by Crippen LogP contribution is 2.21. The maximum absolute atomic E-state index is 11.6. The number of nitrogens with two attached hydrogens (primary N) is 1. The van der Waals surface area contributed by atoms with E-state index in [4.69, 9.17) is 10.5 Å². The van der Waals surface area contributed by atoms with Gasteiger partial charge in [-0.3, -0.25) is 5.32 Å². The molecule has 1 fully saturated rings. The number of carbonyl (C=O) groups excluding carboxylic acids is 1. The van der Waals surface area contributed by atoms with Gasteiger partial charge in [-0.15, -0.1) is 0 Å². The smallest absolute Gasteiger partial charge is 0.411 e. The number of benzene rings is 1. The molecule has 0 bridgehead atoms. The van der Waals surface area contributed by atoms with Crippen molar-refractivity contribution in [3.05, 3.63) is 24.3 Å². The van der Waals surface area contributed by atoms with Crippen molar-refractivity contribution in [1.29, 1.82) is 0 Å². The largest absolute Gasteiger partial charge is 0.446 e. The van der Waals surface area contributed by atoms with Gasteiger partial charge >= 0.3 is 6.09 Å².